The molecule has 1 aromatic carbocycles. The number of rotatable bonds is 6. The summed E-state index contributed by atoms with van der Waals surface area (Å²) >= 11 is 1.99. The number of nitrogens with two attached hydrogens (primary N) is 1. The lowest BCUT2D eigenvalue weighted by Crippen LogP contribution is -2.53. The Morgan fingerprint density at radius 1 is 1.30 bits per heavy atom. The summed E-state index contributed by atoms with van der Waals surface area (Å²) in [5.41, 5.74) is 7.20. The molecule has 30 heavy (non-hydrogen) atoms. The fourth-order valence-corrected chi connectivity index (χ4v) is 6.01. The molecule has 1 aliphatic heterocycles. The zero-order valence-corrected chi connectivity index (χ0v) is 20.0. The fourth-order valence-electron chi connectivity index (χ4n) is 5.50. The maximum absolute atomic E-state index is 14.0. The van der Waals surface area contributed by atoms with Crippen LogP contribution in [0.15, 0.2) is 23.2 Å². The minimum absolute atomic E-state index is 0.00312. The number of carbonyl (C=O) groups excluding carboxylic acids is 1. The summed E-state index contributed by atoms with van der Waals surface area (Å²) in [6.07, 6.45) is 4.64. The molecular formula is C22H30IN3O4. The summed E-state index contributed by atoms with van der Waals surface area (Å²) in [5.74, 6) is 1.05. The Morgan fingerprint density at radius 2 is 2.03 bits per heavy atom. The molecule has 1 unspecified atom stereocenters. The van der Waals surface area contributed by atoms with Gasteiger partial charge >= 0.3 is 0 Å². The number of amides is 1. The lowest BCUT2D eigenvalue weighted by molar-refractivity contribution is -0.138. The zero-order valence-electron chi connectivity index (χ0n) is 17.8. The van der Waals surface area contributed by atoms with Crippen LogP contribution < -0.4 is 10.5 Å². The van der Waals surface area contributed by atoms with Crippen LogP contribution in [0.1, 0.15) is 50.7 Å². The number of halogens is 1. The number of carbonyl (C=O) groups is 1. The van der Waals surface area contributed by atoms with Crippen molar-refractivity contribution in [3.8, 4) is 5.75 Å². The van der Waals surface area contributed by atoms with Gasteiger partial charge in [0, 0.05) is 18.6 Å². The van der Waals surface area contributed by atoms with Crippen LogP contribution in [0.25, 0.3) is 0 Å². The fraction of sp³-hybridized carbons (Fsp3) is 0.636. The monoisotopic (exact) mass is 527 g/mol. The third kappa shape index (κ3) is 3.22. The van der Waals surface area contributed by atoms with E-state index < -0.39 is 5.54 Å². The van der Waals surface area contributed by atoms with Gasteiger partial charge in [0.1, 0.15) is 35.4 Å². The van der Waals surface area contributed by atoms with Crippen molar-refractivity contribution in [1.29, 1.82) is 0 Å². The van der Waals surface area contributed by atoms with Crippen molar-refractivity contribution < 1.29 is 17.3 Å². The smallest absolute Gasteiger partial charge is 0.262 e. The van der Waals surface area contributed by atoms with E-state index in [-0.39, 0.29) is 23.5 Å². The predicted octanol–water partition coefficient (Wildman–Crippen LogP) is 3.32. The Kier molecular flexibility index (Phi) is 6.02. The van der Waals surface area contributed by atoms with Gasteiger partial charge < -0.3 is 18.3 Å². The zero-order chi connectivity index (χ0) is 21.5. The molecule has 1 saturated carbocycles. The number of nitrogens with zero attached hydrogens (tertiary/aromatic N) is 2. The van der Waals surface area contributed by atoms with Crippen molar-refractivity contribution in [3.05, 3.63) is 29.3 Å². The number of fused-ring (bicyclic) bond motifs is 3. The first-order chi connectivity index (χ1) is 14.4. The number of hydrogen-bond donors (Lipinski definition) is 1. The number of guanidine groups is 1. The first kappa shape index (κ1) is 21.8. The molecular weight excluding hydrogens is 497 g/mol. The molecule has 0 saturated heterocycles. The van der Waals surface area contributed by atoms with Crippen LogP contribution in [0, 0.1) is 5.41 Å². The molecule has 0 radical (unpaired) electrons. The van der Waals surface area contributed by atoms with Gasteiger partial charge in [-0.2, -0.15) is 0 Å². The van der Waals surface area contributed by atoms with Gasteiger partial charge in [0.05, 0.1) is 12.7 Å². The highest BCUT2D eigenvalue weighted by Gasteiger charge is 2.67. The largest absolute Gasteiger partial charge is 0.491 e. The normalized spacial score (nSPS) is 30.4. The highest BCUT2D eigenvalue weighted by Crippen LogP contribution is 2.62. The maximum atomic E-state index is 14.0. The van der Waals surface area contributed by atoms with Gasteiger partial charge in [-0.1, -0.05) is 6.07 Å². The SMILES string of the molecule is COCCOc1ccc2c(c1)C1(N=C(N)N(C(C)C)C1=O)C1(CCC(OI)CC1)C2. The van der Waals surface area contributed by atoms with E-state index in [9.17, 15) is 4.79 Å². The summed E-state index contributed by atoms with van der Waals surface area (Å²) in [4.78, 5) is 20.6. The van der Waals surface area contributed by atoms with Crippen LogP contribution in [0.4, 0.5) is 0 Å². The average molecular weight is 527 g/mol. The topological polar surface area (TPSA) is 86.4 Å². The number of ether oxygens (including phenoxy) is 2. The molecule has 4 rings (SSSR count). The van der Waals surface area contributed by atoms with Crippen molar-refractivity contribution in [1.82, 2.24) is 4.90 Å². The van der Waals surface area contributed by atoms with E-state index >= 15 is 0 Å². The second-order valence-corrected chi connectivity index (χ2v) is 9.36. The molecule has 164 valence electrons. The Labute approximate surface area is 192 Å². The van der Waals surface area contributed by atoms with E-state index in [1.165, 1.54) is 5.56 Å². The van der Waals surface area contributed by atoms with Crippen LogP contribution in [0.2, 0.25) is 0 Å². The second kappa shape index (κ2) is 8.27. The lowest BCUT2D eigenvalue weighted by Gasteiger charge is -2.45. The maximum Gasteiger partial charge on any atom is 0.262 e. The number of methoxy groups -OCH3 is 1. The second-order valence-electron chi connectivity index (χ2n) is 8.86. The van der Waals surface area contributed by atoms with Gasteiger partial charge in [-0.05, 0) is 69.2 Å². The minimum atomic E-state index is -0.979. The molecule has 2 aliphatic carbocycles. The van der Waals surface area contributed by atoms with E-state index in [4.69, 9.17) is 23.3 Å². The molecule has 3 aliphatic rings. The molecule has 1 heterocycles. The van der Waals surface area contributed by atoms with Gasteiger partial charge in [0.25, 0.3) is 5.91 Å². The lowest BCUT2D eigenvalue weighted by atomic mass is 9.61. The van der Waals surface area contributed by atoms with E-state index in [1.807, 2.05) is 49.0 Å². The van der Waals surface area contributed by atoms with E-state index in [1.54, 1.807) is 12.0 Å². The summed E-state index contributed by atoms with van der Waals surface area (Å²) in [6.45, 7) is 4.93. The predicted molar refractivity (Wildman–Crippen MR) is 123 cm³/mol. The molecule has 7 nitrogen and oxygen atoms in total. The van der Waals surface area contributed by atoms with Crippen molar-refractivity contribution in [2.45, 2.75) is 63.6 Å². The highest BCUT2D eigenvalue weighted by atomic mass is 127. The highest BCUT2D eigenvalue weighted by molar-refractivity contribution is 14.1. The molecule has 1 fully saturated rings. The van der Waals surface area contributed by atoms with E-state index in [2.05, 4.69) is 6.07 Å². The molecule has 1 atom stereocenters. The molecule has 2 spiro atoms. The van der Waals surface area contributed by atoms with Gasteiger partial charge in [-0.3, -0.25) is 9.69 Å². The van der Waals surface area contributed by atoms with Crippen molar-refractivity contribution >= 4 is 34.9 Å². The number of aliphatic imine (C=N–C) groups is 1. The van der Waals surface area contributed by atoms with Gasteiger partial charge in [0.2, 0.25) is 0 Å². The summed E-state index contributed by atoms with van der Waals surface area (Å²) in [6, 6.07) is 6.02. The Balaban J connectivity index is 1.79. The van der Waals surface area contributed by atoms with Crippen LogP contribution in [0.3, 0.4) is 0 Å². The van der Waals surface area contributed by atoms with E-state index in [0.717, 1.165) is 43.4 Å². The first-order valence-corrected chi connectivity index (χ1v) is 11.5. The molecule has 1 aromatic rings. The van der Waals surface area contributed by atoms with E-state index in [0.29, 0.717) is 19.2 Å². The van der Waals surface area contributed by atoms with Gasteiger partial charge in [-0.25, -0.2) is 4.99 Å². The Morgan fingerprint density at radius 3 is 2.63 bits per heavy atom. The molecule has 1 amide bonds. The average Bonchev–Trinajstić information content (AvgIpc) is 3.15. The van der Waals surface area contributed by atoms with Crippen LogP contribution in [0.5, 0.6) is 5.75 Å². The molecule has 8 heteroatoms. The quantitative estimate of drug-likeness (QED) is 0.453. The molecule has 2 N–H and O–H groups in total. The number of hydrogen-bond acceptors (Lipinski definition) is 6. The minimum Gasteiger partial charge on any atom is -0.491 e. The van der Waals surface area contributed by atoms with Crippen LogP contribution in [-0.4, -0.2) is 49.2 Å². The van der Waals surface area contributed by atoms with Crippen molar-refractivity contribution in [2.75, 3.05) is 20.3 Å². The third-order valence-corrected chi connectivity index (χ3v) is 7.63. The first-order valence-electron chi connectivity index (χ1n) is 10.6. The van der Waals surface area contributed by atoms with Crippen LogP contribution >= 0.6 is 23.0 Å². The number of benzene rings is 1. The summed E-state index contributed by atoms with van der Waals surface area (Å²) in [5, 5.41) is 0. The van der Waals surface area contributed by atoms with Crippen molar-refractivity contribution in [3.63, 3.8) is 0 Å². The Hall–Kier alpha value is -1.39. The van der Waals surface area contributed by atoms with Crippen molar-refractivity contribution in [2.24, 2.45) is 16.1 Å². The summed E-state index contributed by atoms with van der Waals surface area (Å²) < 4.78 is 16.6. The molecule has 0 aromatic heterocycles. The summed E-state index contributed by atoms with van der Waals surface area (Å²) in [7, 11) is 1.65. The van der Waals surface area contributed by atoms with Gasteiger partial charge in [0.15, 0.2) is 11.5 Å². The van der Waals surface area contributed by atoms with Crippen LogP contribution in [-0.2, 0) is 24.6 Å². The molecule has 0 bridgehead atoms. The third-order valence-electron chi connectivity index (χ3n) is 6.91. The Bertz CT molecular complexity index is 851. The standard InChI is InChI=1S/C22H30IN3O4/c1-14(2)26-19(27)22(25-20(26)24)18-12-17(29-11-10-28-3)5-4-15(18)13-21(22)8-6-16(30-23)7-9-21/h4-5,12,14,16H,6-11,13H2,1-3H3,(H2,24,25). The van der Waals surface area contributed by atoms with Gasteiger partial charge in [-0.15, -0.1) is 0 Å².